The second-order valence-corrected chi connectivity index (χ2v) is 7.60. The van der Waals surface area contributed by atoms with Gasteiger partial charge in [-0.05, 0) is 24.3 Å². The number of benzene rings is 3. The number of nitrogens with zero attached hydrogens (tertiary/aromatic N) is 2. The van der Waals surface area contributed by atoms with Crippen LogP contribution in [-0.4, -0.2) is 9.97 Å². The van der Waals surface area contributed by atoms with Crippen LogP contribution in [0.4, 0.5) is 0 Å². The van der Waals surface area contributed by atoms with E-state index < -0.39 is 0 Å². The molecule has 0 saturated heterocycles. The first-order valence-electron chi connectivity index (χ1n) is 11.0. The molecule has 5 rings (SSSR count). The molecule has 0 N–H and O–H groups in total. The van der Waals surface area contributed by atoms with Gasteiger partial charge in [0.05, 0.1) is 0 Å². The van der Waals surface area contributed by atoms with Crippen LogP contribution in [0.25, 0.3) is 45.4 Å². The predicted octanol–water partition coefficient (Wildman–Crippen LogP) is 7.46. The molecule has 0 saturated carbocycles. The second-order valence-electron chi connectivity index (χ2n) is 7.60. The highest BCUT2D eigenvalue weighted by atomic mass is 16.4. The lowest BCUT2D eigenvalue weighted by molar-refractivity contribution is 0.524. The van der Waals surface area contributed by atoms with Crippen LogP contribution in [0, 0.1) is 0 Å². The Morgan fingerprint density at radius 3 is 1.22 bits per heavy atom. The summed E-state index contributed by atoms with van der Waals surface area (Å²) in [5.41, 5.74) is 5.79. The number of rotatable bonds is 6. The molecule has 5 aromatic rings. The molecule has 32 heavy (non-hydrogen) atoms. The van der Waals surface area contributed by atoms with Gasteiger partial charge in [-0.3, -0.25) is 0 Å². The van der Waals surface area contributed by atoms with Crippen molar-refractivity contribution in [1.82, 2.24) is 9.97 Å². The summed E-state index contributed by atoms with van der Waals surface area (Å²) in [5.74, 6) is 3.03. The van der Waals surface area contributed by atoms with E-state index in [1.807, 2.05) is 60.7 Å². The molecule has 0 aliphatic rings. The monoisotopic (exact) mass is 420 g/mol. The maximum Gasteiger partial charge on any atom is 0.226 e. The lowest BCUT2D eigenvalue weighted by Gasteiger charge is -1.98. The van der Waals surface area contributed by atoms with Crippen molar-refractivity contribution >= 4 is 0 Å². The highest BCUT2D eigenvalue weighted by molar-refractivity contribution is 5.69. The standard InChI is InChI=1S/C28H24N2O2/c1-3-23-25(19-11-7-5-8-12-19)29-27(31-23)21-15-17-22(18-16-21)28-30-26(24(4-2)32-28)20-13-9-6-10-14-20/h5-18H,3-4H2,1-2H3. The maximum absolute atomic E-state index is 6.10. The molecule has 4 nitrogen and oxygen atoms in total. The molecule has 4 heteroatoms. The fourth-order valence-electron chi connectivity index (χ4n) is 3.83. The summed E-state index contributed by atoms with van der Waals surface area (Å²) in [7, 11) is 0. The maximum atomic E-state index is 6.10. The summed E-state index contributed by atoms with van der Waals surface area (Å²) in [6.45, 7) is 4.16. The first-order valence-corrected chi connectivity index (χ1v) is 11.0. The third kappa shape index (κ3) is 3.76. The van der Waals surface area contributed by atoms with Gasteiger partial charge in [-0.2, -0.15) is 0 Å². The van der Waals surface area contributed by atoms with Crippen LogP contribution in [0.1, 0.15) is 25.4 Å². The molecule has 0 atom stereocenters. The average Bonchev–Trinajstić information content (AvgIpc) is 3.50. The lowest BCUT2D eigenvalue weighted by atomic mass is 10.1. The Morgan fingerprint density at radius 1 is 0.500 bits per heavy atom. The summed E-state index contributed by atoms with van der Waals surface area (Å²) in [4.78, 5) is 9.58. The van der Waals surface area contributed by atoms with E-state index in [4.69, 9.17) is 18.8 Å². The Morgan fingerprint density at radius 2 is 0.875 bits per heavy atom. The number of hydrogen-bond donors (Lipinski definition) is 0. The molecule has 0 radical (unpaired) electrons. The number of oxazole rings is 2. The second kappa shape index (κ2) is 8.67. The minimum Gasteiger partial charge on any atom is -0.441 e. The van der Waals surface area contributed by atoms with E-state index in [0.29, 0.717) is 11.8 Å². The topological polar surface area (TPSA) is 52.1 Å². The van der Waals surface area contributed by atoms with Gasteiger partial charge in [0.25, 0.3) is 0 Å². The van der Waals surface area contributed by atoms with Crippen LogP contribution in [0.15, 0.2) is 93.8 Å². The van der Waals surface area contributed by atoms with E-state index in [1.54, 1.807) is 0 Å². The van der Waals surface area contributed by atoms with Crippen LogP contribution in [-0.2, 0) is 12.8 Å². The van der Waals surface area contributed by atoms with Crippen LogP contribution in [0.2, 0.25) is 0 Å². The molecule has 0 bridgehead atoms. The summed E-state index contributed by atoms with van der Waals surface area (Å²) in [6, 6.07) is 28.3. The zero-order valence-electron chi connectivity index (χ0n) is 18.2. The molecular weight excluding hydrogens is 396 g/mol. The number of aromatic nitrogens is 2. The quantitative estimate of drug-likeness (QED) is 0.286. The van der Waals surface area contributed by atoms with Gasteiger partial charge in [-0.1, -0.05) is 74.5 Å². The SMILES string of the molecule is CCc1oc(-c2ccc(-c3nc(-c4ccccc4)c(CC)o3)cc2)nc1-c1ccccc1. The van der Waals surface area contributed by atoms with Crippen molar-refractivity contribution in [2.24, 2.45) is 0 Å². The van der Waals surface area contributed by atoms with Crippen LogP contribution < -0.4 is 0 Å². The fourth-order valence-corrected chi connectivity index (χ4v) is 3.83. The normalized spacial score (nSPS) is 11.1. The first kappa shape index (κ1) is 20.0. The minimum absolute atomic E-state index is 0.624. The van der Waals surface area contributed by atoms with Crippen molar-refractivity contribution in [1.29, 1.82) is 0 Å². The van der Waals surface area contributed by atoms with Gasteiger partial charge < -0.3 is 8.83 Å². The molecule has 0 aliphatic carbocycles. The van der Waals surface area contributed by atoms with Crippen molar-refractivity contribution in [2.45, 2.75) is 26.7 Å². The molecule has 0 amide bonds. The summed E-state index contributed by atoms with van der Waals surface area (Å²) in [5, 5.41) is 0. The first-order chi connectivity index (χ1) is 15.8. The lowest BCUT2D eigenvalue weighted by Crippen LogP contribution is -1.84. The number of hydrogen-bond acceptors (Lipinski definition) is 4. The highest BCUT2D eigenvalue weighted by Gasteiger charge is 2.17. The highest BCUT2D eigenvalue weighted by Crippen LogP contribution is 2.32. The molecule has 2 aromatic heterocycles. The third-order valence-corrected chi connectivity index (χ3v) is 5.51. The van der Waals surface area contributed by atoms with Gasteiger partial charge in [0.2, 0.25) is 11.8 Å². The summed E-state index contributed by atoms with van der Waals surface area (Å²) in [6.07, 6.45) is 1.57. The predicted molar refractivity (Wildman–Crippen MR) is 127 cm³/mol. The van der Waals surface area contributed by atoms with Gasteiger partial charge in [0.1, 0.15) is 22.9 Å². The Hall–Kier alpha value is -3.92. The van der Waals surface area contributed by atoms with Crippen LogP contribution in [0.5, 0.6) is 0 Å². The largest absolute Gasteiger partial charge is 0.441 e. The minimum atomic E-state index is 0.624. The Balaban J connectivity index is 1.47. The smallest absolute Gasteiger partial charge is 0.226 e. The van der Waals surface area contributed by atoms with E-state index in [1.165, 1.54) is 0 Å². The number of aryl methyl sites for hydroxylation is 2. The Labute approximate surface area is 187 Å². The molecule has 158 valence electrons. The Kier molecular flexibility index (Phi) is 5.42. The molecule has 0 aliphatic heterocycles. The van der Waals surface area contributed by atoms with Crippen molar-refractivity contribution in [3.63, 3.8) is 0 Å². The molecule has 0 fully saturated rings. The Bertz CT molecular complexity index is 1210. The third-order valence-electron chi connectivity index (χ3n) is 5.51. The van der Waals surface area contributed by atoms with E-state index in [2.05, 4.69) is 38.1 Å². The average molecular weight is 421 g/mol. The van der Waals surface area contributed by atoms with Crippen molar-refractivity contribution in [2.75, 3.05) is 0 Å². The van der Waals surface area contributed by atoms with Gasteiger partial charge in [0.15, 0.2) is 0 Å². The van der Waals surface area contributed by atoms with E-state index in [-0.39, 0.29) is 0 Å². The van der Waals surface area contributed by atoms with E-state index >= 15 is 0 Å². The van der Waals surface area contributed by atoms with Gasteiger partial charge >= 0.3 is 0 Å². The molecule has 0 spiro atoms. The van der Waals surface area contributed by atoms with Gasteiger partial charge in [-0.15, -0.1) is 0 Å². The van der Waals surface area contributed by atoms with Crippen LogP contribution >= 0.6 is 0 Å². The zero-order chi connectivity index (χ0) is 21.9. The summed E-state index contributed by atoms with van der Waals surface area (Å²) < 4.78 is 12.2. The molecular formula is C28H24N2O2. The fraction of sp³-hybridized carbons (Fsp3) is 0.143. The van der Waals surface area contributed by atoms with E-state index in [9.17, 15) is 0 Å². The van der Waals surface area contributed by atoms with Crippen molar-refractivity contribution in [3.8, 4) is 45.4 Å². The zero-order valence-corrected chi connectivity index (χ0v) is 18.2. The van der Waals surface area contributed by atoms with E-state index in [0.717, 1.165) is 58.0 Å². The molecule has 3 aromatic carbocycles. The molecule has 0 unspecified atom stereocenters. The molecule has 2 heterocycles. The van der Waals surface area contributed by atoms with Crippen molar-refractivity contribution in [3.05, 3.63) is 96.4 Å². The van der Waals surface area contributed by atoms with Gasteiger partial charge in [0, 0.05) is 35.1 Å². The van der Waals surface area contributed by atoms with Gasteiger partial charge in [-0.25, -0.2) is 9.97 Å². The van der Waals surface area contributed by atoms with Crippen molar-refractivity contribution < 1.29 is 8.83 Å². The summed E-state index contributed by atoms with van der Waals surface area (Å²) >= 11 is 0. The van der Waals surface area contributed by atoms with Crippen LogP contribution in [0.3, 0.4) is 0 Å².